The fourth-order valence-electron chi connectivity index (χ4n) is 2.90. The molecule has 1 aliphatic rings. The van der Waals surface area contributed by atoms with Crippen molar-refractivity contribution in [2.75, 3.05) is 19.6 Å². The average molecular weight is 236 g/mol. The van der Waals surface area contributed by atoms with Gasteiger partial charge in [-0.05, 0) is 56.1 Å². The zero-order valence-electron chi connectivity index (χ0n) is 10.4. The Bertz CT molecular complexity index is 338. The number of piperidine rings is 1. The molecule has 1 fully saturated rings. The van der Waals surface area contributed by atoms with Crippen LogP contribution in [0.4, 0.5) is 4.39 Å². The second-order valence-electron chi connectivity index (χ2n) is 4.76. The van der Waals surface area contributed by atoms with E-state index in [-0.39, 0.29) is 5.82 Å². The van der Waals surface area contributed by atoms with E-state index >= 15 is 0 Å². The number of hydrogen-bond acceptors (Lipinski definition) is 2. The zero-order valence-corrected chi connectivity index (χ0v) is 10.4. The Kier molecular flexibility index (Phi) is 4.13. The fraction of sp³-hybridized carbons (Fsp3) is 0.571. The maximum atomic E-state index is 13.0. The van der Waals surface area contributed by atoms with Gasteiger partial charge in [0.15, 0.2) is 0 Å². The van der Waals surface area contributed by atoms with E-state index in [1.165, 1.54) is 18.4 Å². The van der Waals surface area contributed by atoms with Gasteiger partial charge in [0.25, 0.3) is 0 Å². The Morgan fingerprint density at radius 2 is 2.06 bits per heavy atom. The highest BCUT2D eigenvalue weighted by atomic mass is 19.1. The Morgan fingerprint density at radius 1 is 1.35 bits per heavy atom. The molecular formula is C14H21FN2. The van der Waals surface area contributed by atoms with Gasteiger partial charge in [-0.3, -0.25) is 4.90 Å². The lowest BCUT2D eigenvalue weighted by Gasteiger charge is -2.41. The van der Waals surface area contributed by atoms with Crippen molar-refractivity contribution in [3.05, 3.63) is 35.6 Å². The second kappa shape index (κ2) is 5.61. The third-order valence-electron chi connectivity index (χ3n) is 3.78. The first-order valence-corrected chi connectivity index (χ1v) is 6.45. The van der Waals surface area contributed by atoms with Gasteiger partial charge in [-0.15, -0.1) is 0 Å². The zero-order chi connectivity index (χ0) is 12.3. The van der Waals surface area contributed by atoms with Crippen LogP contribution >= 0.6 is 0 Å². The van der Waals surface area contributed by atoms with Crippen LogP contribution in [0.3, 0.4) is 0 Å². The van der Waals surface area contributed by atoms with E-state index in [0.717, 1.165) is 13.1 Å². The van der Waals surface area contributed by atoms with Crippen molar-refractivity contribution in [3.63, 3.8) is 0 Å². The normalized spacial score (nSPS) is 26.1. The number of likely N-dealkylation sites (tertiary alicyclic amines) is 1. The van der Waals surface area contributed by atoms with Crippen LogP contribution in [0, 0.1) is 11.7 Å². The molecule has 0 radical (unpaired) electrons. The minimum absolute atomic E-state index is 0.170. The highest BCUT2D eigenvalue weighted by molar-refractivity contribution is 5.21. The summed E-state index contributed by atoms with van der Waals surface area (Å²) < 4.78 is 13.0. The molecule has 1 aromatic rings. The van der Waals surface area contributed by atoms with Gasteiger partial charge in [-0.1, -0.05) is 19.1 Å². The Labute approximate surface area is 103 Å². The van der Waals surface area contributed by atoms with E-state index in [1.807, 2.05) is 12.1 Å². The van der Waals surface area contributed by atoms with Crippen LogP contribution < -0.4 is 5.73 Å². The molecule has 1 aromatic carbocycles. The standard InChI is InChI=1S/C14H21FN2/c1-2-17-9-3-4-12(10-16)14(17)11-5-7-13(15)8-6-11/h5-8,12,14H,2-4,9-10,16H2,1H3. The summed E-state index contributed by atoms with van der Waals surface area (Å²) in [5.41, 5.74) is 7.07. The lowest BCUT2D eigenvalue weighted by molar-refractivity contribution is 0.102. The number of halogens is 1. The van der Waals surface area contributed by atoms with Crippen LogP contribution in [0.25, 0.3) is 0 Å². The van der Waals surface area contributed by atoms with Gasteiger partial charge >= 0.3 is 0 Å². The first-order valence-electron chi connectivity index (χ1n) is 6.45. The van der Waals surface area contributed by atoms with Crippen molar-refractivity contribution in [2.45, 2.75) is 25.8 Å². The molecule has 1 aliphatic heterocycles. The summed E-state index contributed by atoms with van der Waals surface area (Å²) in [4.78, 5) is 2.45. The predicted molar refractivity (Wildman–Crippen MR) is 68.2 cm³/mol. The van der Waals surface area contributed by atoms with Crippen molar-refractivity contribution >= 4 is 0 Å². The topological polar surface area (TPSA) is 29.3 Å². The molecule has 0 spiro atoms. The molecule has 0 amide bonds. The average Bonchev–Trinajstić information content (AvgIpc) is 2.38. The predicted octanol–water partition coefficient (Wildman–Crippen LogP) is 2.56. The Morgan fingerprint density at radius 3 is 2.65 bits per heavy atom. The van der Waals surface area contributed by atoms with Crippen LogP contribution in [-0.2, 0) is 0 Å². The summed E-state index contributed by atoms with van der Waals surface area (Å²) in [5, 5.41) is 0. The largest absolute Gasteiger partial charge is 0.330 e. The SMILES string of the molecule is CCN1CCCC(CN)C1c1ccc(F)cc1. The monoisotopic (exact) mass is 236 g/mol. The number of nitrogens with zero attached hydrogens (tertiary/aromatic N) is 1. The van der Waals surface area contributed by atoms with Crippen molar-refractivity contribution in [1.29, 1.82) is 0 Å². The highest BCUT2D eigenvalue weighted by Gasteiger charge is 2.30. The van der Waals surface area contributed by atoms with Gasteiger partial charge in [0, 0.05) is 6.04 Å². The number of rotatable bonds is 3. The van der Waals surface area contributed by atoms with E-state index in [0.29, 0.717) is 18.5 Å². The summed E-state index contributed by atoms with van der Waals surface area (Å²) in [6.45, 7) is 5.03. The smallest absolute Gasteiger partial charge is 0.123 e. The van der Waals surface area contributed by atoms with E-state index in [9.17, 15) is 4.39 Å². The van der Waals surface area contributed by atoms with Crippen LogP contribution in [0.15, 0.2) is 24.3 Å². The van der Waals surface area contributed by atoms with Gasteiger partial charge < -0.3 is 5.73 Å². The highest BCUT2D eigenvalue weighted by Crippen LogP contribution is 2.35. The first kappa shape index (κ1) is 12.5. The van der Waals surface area contributed by atoms with Crippen LogP contribution in [0.5, 0.6) is 0 Å². The molecule has 1 saturated heterocycles. The molecule has 17 heavy (non-hydrogen) atoms. The molecular weight excluding hydrogens is 215 g/mol. The second-order valence-corrected chi connectivity index (χ2v) is 4.76. The molecule has 0 bridgehead atoms. The lowest BCUT2D eigenvalue weighted by Crippen LogP contribution is -2.41. The van der Waals surface area contributed by atoms with Crippen molar-refractivity contribution in [1.82, 2.24) is 4.90 Å². The Balaban J connectivity index is 2.26. The van der Waals surface area contributed by atoms with E-state index in [2.05, 4.69) is 11.8 Å². The van der Waals surface area contributed by atoms with Gasteiger partial charge in [-0.2, -0.15) is 0 Å². The maximum absolute atomic E-state index is 13.0. The maximum Gasteiger partial charge on any atom is 0.123 e. The fourth-order valence-corrected chi connectivity index (χ4v) is 2.90. The summed E-state index contributed by atoms with van der Waals surface area (Å²) in [6, 6.07) is 7.25. The molecule has 2 rings (SSSR count). The molecule has 2 atom stereocenters. The molecule has 1 heterocycles. The number of hydrogen-bond donors (Lipinski definition) is 1. The van der Waals surface area contributed by atoms with Gasteiger partial charge in [-0.25, -0.2) is 4.39 Å². The molecule has 94 valence electrons. The summed E-state index contributed by atoms with van der Waals surface area (Å²) >= 11 is 0. The van der Waals surface area contributed by atoms with E-state index in [4.69, 9.17) is 5.73 Å². The summed E-state index contributed by atoms with van der Waals surface area (Å²) in [5.74, 6) is 0.325. The third kappa shape index (κ3) is 2.67. The quantitative estimate of drug-likeness (QED) is 0.874. The van der Waals surface area contributed by atoms with Crippen molar-refractivity contribution < 1.29 is 4.39 Å². The van der Waals surface area contributed by atoms with Gasteiger partial charge in [0.1, 0.15) is 5.82 Å². The lowest BCUT2D eigenvalue weighted by atomic mass is 9.84. The molecule has 0 saturated carbocycles. The summed E-state index contributed by atoms with van der Waals surface area (Å²) in [6.07, 6.45) is 2.39. The molecule has 2 unspecified atom stereocenters. The number of nitrogens with two attached hydrogens (primary N) is 1. The van der Waals surface area contributed by atoms with Crippen LogP contribution in [0.1, 0.15) is 31.4 Å². The van der Waals surface area contributed by atoms with E-state index < -0.39 is 0 Å². The van der Waals surface area contributed by atoms with Gasteiger partial charge in [0.05, 0.1) is 0 Å². The molecule has 2 N–H and O–H groups in total. The first-order chi connectivity index (χ1) is 8.26. The summed E-state index contributed by atoms with van der Waals surface area (Å²) in [7, 11) is 0. The van der Waals surface area contributed by atoms with Crippen molar-refractivity contribution in [3.8, 4) is 0 Å². The minimum atomic E-state index is -0.170. The number of benzene rings is 1. The Hall–Kier alpha value is -0.930. The third-order valence-corrected chi connectivity index (χ3v) is 3.78. The van der Waals surface area contributed by atoms with Gasteiger partial charge in [0.2, 0.25) is 0 Å². The molecule has 2 nitrogen and oxygen atoms in total. The van der Waals surface area contributed by atoms with Crippen LogP contribution in [0.2, 0.25) is 0 Å². The van der Waals surface area contributed by atoms with Crippen molar-refractivity contribution in [2.24, 2.45) is 11.7 Å². The molecule has 3 heteroatoms. The minimum Gasteiger partial charge on any atom is -0.330 e. The molecule has 0 aromatic heterocycles. The van der Waals surface area contributed by atoms with E-state index in [1.54, 1.807) is 12.1 Å². The van der Waals surface area contributed by atoms with Crippen LogP contribution in [-0.4, -0.2) is 24.5 Å². The molecule has 0 aliphatic carbocycles.